The number of morpholine rings is 1. The van der Waals surface area contributed by atoms with Crippen LogP contribution in [-0.4, -0.2) is 42.3 Å². The number of nitrogens with two attached hydrogens (primary N) is 1. The molecule has 0 unspecified atom stereocenters. The Labute approximate surface area is 99.3 Å². The van der Waals surface area contributed by atoms with Crippen molar-refractivity contribution in [3.8, 4) is 0 Å². The summed E-state index contributed by atoms with van der Waals surface area (Å²) in [4.78, 5) is 2.52. The van der Waals surface area contributed by atoms with Gasteiger partial charge in [0, 0.05) is 25.2 Å². The fourth-order valence-corrected chi connectivity index (χ4v) is 3.18. The molecule has 0 aromatic carbocycles. The number of rotatable bonds is 3. The van der Waals surface area contributed by atoms with Gasteiger partial charge in [-0.1, -0.05) is 12.8 Å². The maximum atomic E-state index is 6.39. The molecule has 2 rings (SSSR count). The van der Waals surface area contributed by atoms with Crippen LogP contribution < -0.4 is 5.73 Å². The second-order valence-corrected chi connectivity index (χ2v) is 5.84. The van der Waals surface area contributed by atoms with E-state index in [1.807, 2.05) is 0 Å². The first kappa shape index (κ1) is 12.3. The van der Waals surface area contributed by atoms with E-state index in [9.17, 15) is 0 Å². The molecule has 1 aliphatic heterocycles. The summed E-state index contributed by atoms with van der Waals surface area (Å²) in [6.07, 6.45) is 7.01. The minimum absolute atomic E-state index is 0.144. The van der Waals surface area contributed by atoms with Gasteiger partial charge < -0.3 is 10.5 Å². The molecule has 1 heterocycles. The molecule has 2 aliphatic rings. The van der Waals surface area contributed by atoms with Crippen molar-refractivity contribution in [1.82, 2.24) is 4.90 Å². The van der Waals surface area contributed by atoms with Crippen molar-refractivity contribution in [1.29, 1.82) is 0 Å². The van der Waals surface area contributed by atoms with Crippen LogP contribution in [0.25, 0.3) is 0 Å². The molecule has 16 heavy (non-hydrogen) atoms. The first-order valence-electron chi connectivity index (χ1n) is 6.74. The maximum absolute atomic E-state index is 6.39. The van der Waals surface area contributed by atoms with E-state index in [1.54, 1.807) is 0 Å². The Morgan fingerprint density at radius 2 is 1.75 bits per heavy atom. The predicted molar refractivity (Wildman–Crippen MR) is 66.5 cm³/mol. The summed E-state index contributed by atoms with van der Waals surface area (Å²) in [7, 11) is 0. The second-order valence-electron chi connectivity index (χ2n) is 5.84. The topological polar surface area (TPSA) is 38.5 Å². The Hall–Kier alpha value is -0.120. The lowest BCUT2D eigenvalue weighted by Crippen LogP contribution is -2.48. The third-order valence-electron chi connectivity index (χ3n) is 4.02. The van der Waals surface area contributed by atoms with Crippen LogP contribution in [-0.2, 0) is 4.74 Å². The van der Waals surface area contributed by atoms with Crippen molar-refractivity contribution < 1.29 is 4.74 Å². The van der Waals surface area contributed by atoms with Gasteiger partial charge in [0.15, 0.2) is 0 Å². The Bertz CT molecular complexity index is 216. The molecule has 0 aromatic heterocycles. The van der Waals surface area contributed by atoms with Crippen molar-refractivity contribution in [3.05, 3.63) is 0 Å². The summed E-state index contributed by atoms with van der Waals surface area (Å²) in [5.41, 5.74) is 6.53. The normalized spacial score (nSPS) is 35.4. The van der Waals surface area contributed by atoms with Crippen LogP contribution in [0.1, 0.15) is 46.0 Å². The van der Waals surface area contributed by atoms with E-state index in [0.717, 1.165) is 26.1 Å². The second kappa shape index (κ2) is 5.03. The summed E-state index contributed by atoms with van der Waals surface area (Å²) in [5.74, 6) is 0. The monoisotopic (exact) mass is 226 g/mol. The zero-order valence-corrected chi connectivity index (χ0v) is 10.7. The van der Waals surface area contributed by atoms with Gasteiger partial charge in [-0.3, -0.25) is 4.90 Å². The van der Waals surface area contributed by atoms with Gasteiger partial charge in [0.1, 0.15) is 0 Å². The molecule has 1 saturated carbocycles. The van der Waals surface area contributed by atoms with Crippen LogP contribution in [0, 0.1) is 0 Å². The highest BCUT2D eigenvalue weighted by Gasteiger charge is 2.30. The van der Waals surface area contributed by atoms with E-state index in [2.05, 4.69) is 18.7 Å². The summed E-state index contributed by atoms with van der Waals surface area (Å²) in [6.45, 7) is 7.61. The van der Waals surface area contributed by atoms with E-state index < -0.39 is 0 Å². The highest BCUT2D eigenvalue weighted by Crippen LogP contribution is 2.30. The van der Waals surface area contributed by atoms with E-state index >= 15 is 0 Å². The van der Waals surface area contributed by atoms with Gasteiger partial charge in [-0.2, -0.15) is 0 Å². The highest BCUT2D eigenvalue weighted by molar-refractivity contribution is 4.90. The molecule has 3 nitrogen and oxygen atoms in total. The van der Waals surface area contributed by atoms with Crippen molar-refractivity contribution in [2.75, 3.05) is 19.6 Å². The molecule has 0 spiro atoms. The first-order chi connectivity index (χ1) is 7.57. The zero-order chi connectivity index (χ0) is 11.6. The van der Waals surface area contributed by atoms with Crippen LogP contribution in [0.3, 0.4) is 0 Å². The molecule has 94 valence electrons. The fourth-order valence-electron chi connectivity index (χ4n) is 3.18. The summed E-state index contributed by atoms with van der Waals surface area (Å²) < 4.78 is 5.74. The SMILES string of the molecule is C[C@@H]1CN(CCC2(N)CCCC2)C[C@H](C)O1. The largest absolute Gasteiger partial charge is 0.373 e. The average molecular weight is 226 g/mol. The minimum Gasteiger partial charge on any atom is -0.373 e. The third-order valence-corrected chi connectivity index (χ3v) is 4.02. The molecule has 1 saturated heterocycles. The minimum atomic E-state index is 0.144. The number of hydrogen-bond donors (Lipinski definition) is 1. The lowest BCUT2D eigenvalue weighted by molar-refractivity contribution is -0.0692. The van der Waals surface area contributed by atoms with E-state index in [1.165, 1.54) is 25.7 Å². The van der Waals surface area contributed by atoms with Gasteiger partial charge in [0.2, 0.25) is 0 Å². The smallest absolute Gasteiger partial charge is 0.0678 e. The Morgan fingerprint density at radius 3 is 2.31 bits per heavy atom. The van der Waals surface area contributed by atoms with Gasteiger partial charge in [-0.15, -0.1) is 0 Å². The Morgan fingerprint density at radius 1 is 1.19 bits per heavy atom. The van der Waals surface area contributed by atoms with E-state index in [-0.39, 0.29) is 5.54 Å². The van der Waals surface area contributed by atoms with E-state index in [0.29, 0.717) is 12.2 Å². The highest BCUT2D eigenvalue weighted by atomic mass is 16.5. The van der Waals surface area contributed by atoms with E-state index in [4.69, 9.17) is 10.5 Å². The molecule has 1 aliphatic carbocycles. The summed E-state index contributed by atoms with van der Waals surface area (Å²) in [6, 6.07) is 0. The van der Waals surface area contributed by atoms with Crippen molar-refractivity contribution >= 4 is 0 Å². The first-order valence-corrected chi connectivity index (χ1v) is 6.74. The zero-order valence-electron chi connectivity index (χ0n) is 10.7. The lowest BCUT2D eigenvalue weighted by atomic mass is 9.94. The molecular formula is C13H26N2O. The van der Waals surface area contributed by atoms with Crippen molar-refractivity contribution in [2.45, 2.75) is 63.7 Å². The molecule has 2 N–H and O–H groups in total. The fraction of sp³-hybridized carbons (Fsp3) is 1.00. The molecule has 0 radical (unpaired) electrons. The van der Waals surface area contributed by atoms with Gasteiger partial charge in [-0.05, 0) is 33.1 Å². The lowest BCUT2D eigenvalue weighted by Gasteiger charge is -2.37. The van der Waals surface area contributed by atoms with Gasteiger partial charge >= 0.3 is 0 Å². The summed E-state index contributed by atoms with van der Waals surface area (Å²) >= 11 is 0. The number of hydrogen-bond acceptors (Lipinski definition) is 3. The number of nitrogens with zero attached hydrogens (tertiary/aromatic N) is 1. The molecule has 2 atom stereocenters. The molecular weight excluding hydrogens is 200 g/mol. The van der Waals surface area contributed by atoms with Gasteiger partial charge in [0.05, 0.1) is 12.2 Å². The average Bonchev–Trinajstić information content (AvgIpc) is 2.62. The van der Waals surface area contributed by atoms with Crippen LogP contribution in [0.5, 0.6) is 0 Å². The molecule has 0 aromatic rings. The van der Waals surface area contributed by atoms with Crippen LogP contribution in [0.2, 0.25) is 0 Å². The Kier molecular flexibility index (Phi) is 3.88. The quantitative estimate of drug-likeness (QED) is 0.797. The summed E-state index contributed by atoms with van der Waals surface area (Å²) in [5, 5.41) is 0. The molecule has 3 heteroatoms. The van der Waals surface area contributed by atoms with Crippen LogP contribution >= 0.6 is 0 Å². The standard InChI is InChI=1S/C13H26N2O/c1-11-9-15(10-12(2)16-11)8-7-13(14)5-3-4-6-13/h11-12H,3-10,14H2,1-2H3/t11-,12+. The molecule has 0 bridgehead atoms. The van der Waals surface area contributed by atoms with Gasteiger partial charge in [0.25, 0.3) is 0 Å². The van der Waals surface area contributed by atoms with Gasteiger partial charge in [-0.25, -0.2) is 0 Å². The number of ether oxygens (including phenoxy) is 1. The maximum Gasteiger partial charge on any atom is 0.0678 e. The van der Waals surface area contributed by atoms with Crippen LogP contribution in [0.15, 0.2) is 0 Å². The van der Waals surface area contributed by atoms with Crippen LogP contribution in [0.4, 0.5) is 0 Å². The molecule has 0 amide bonds. The third kappa shape index (κ3) is 3.19. The Balaban J connectivity index is 1.76. The van der Waals surface area contributed by atoms with Crippen molar-refractivity contribution in [3.63, 3.8) is 0 Å². The predicted octanol–water partition coefficient (Wildman–Crippen LogP) is 1.76. The molecule has 2 fully saturated rings. The van der Waals surface area contributed by atoms with Crippen molar-refractivity contribution in [2.24, 2.45) is 5.73 Å².